The van der Waals surface area contributed by atoms with Crippen LogP contribution in [0.25, 0.3) is 10.8 Å². The summed E-state index contributed by atoms with van der Waals surface area (Å²) < 4.78 is 10.5. The molecule has 154 valence electrons. The van der Waals surface area contributed by atoms with E-state index in [9.17, 15) is 20.0 Å². The molecule has 9 nitrogen and oxygen atoms in total. The number of non-ortho nitro benzene ring substituents is 1. The fourth-order valence-corrected chi connectivity index (χ4v) is 2.87. The van der Waals surface area contributed by atoms with Crippen LogP contribution in [0.2, 0.25) is 0 Å². The number of phenolic OH excluding ortho intramolecular Hbond substituents is 1. The topological polar surface area (TPSA) is 123 Å². The molecular weight excluding hydrogens is 390 g/mol. The molecule has 0 radical (unpaired) electrons. The highest BCUT2D eigenvalue weighted by molar-refractivity contribution is 6.02. The van der Waals surface area contributed by atoms with Crippen molar-refractivity contribution in [3.05, 3.63) is 69.8 Å². The lowest BCUT2D eigenvalue weighted by Gasteiger charge is -2.09. The minimum absolute atomic E-state index is 0.0263. The minimum atomic E-state index is -0.613. The van der Waals surface area contributed by atoms with Crippen molar-refractivity contribution < 1.29 is 24.3 Å². The number of benzene rings is 3. The van der Waals surface area contributed by atoms with Crippen LogP contribution in [-0.2, 0) is 0 Å². The summed E-state index contributed by atoms with van der Waals surface area (Å²) in [5.74, 6) is -0.526. The number of methoxy groups -OCH3 is 1. The average Bonchev–Trinajstić information content (AvgIpc) is 2.75. The van der Waals surface area contributed by atoms with E-state index < -0.39 is 10.8 Å². The Labute approximate surface area is 171 Å². The SMILES string of the molecule is CCOc1cc([N+](=O)[O-])cc(C=NNC(=O)c2cc3ccccc3cc2OC)c1O. The second kappa shape index (κ2) is 8.91. The number of fused-ring (bicyclic) bond motifs is 1. The van der Waals surface area contributed by atoms with Gasteiger partial charge in [0.15, 0.2) is 11.5 Å². The number of hydrogen-bond donors (Lipinski definition) is 2. The normalized spacial score (nSPS) is 10.9. The van der Waals surface area contributed by atoms with Gasteiger partial charge in [-0.05, 0) is 29.8 Å². The molecule has 2 N–H and O–H groups in total. The Kier molecular flexibility index (Phi) is 6.11. The lowest BCUT2D eigenvalue weighted by molar-refractivity contribution is -0.385. The molecule has 3 aromatic carbocycles. The lowest BCUT2D eigenvalue weighted by atomic mass is 10.1. The van der Waals surface area contributed by atoms with Gasteiger partial charge in [0, 0.05) is 11.6 Å². The molecule has 0 bridgehead atoms. The standard InChI is InChI=1S/C21H19N3O6/c1-3-30-19-11-16(24(27)28)8-15(20(19)25)12-22-23-21(26)17-9-13-6-4-5-7-14(13)10-18(17)29-2/h4-12,25H,3H2,1-2H3,(H,23,26). The summed E-state index contributed by atoms with van der Waals surface area (Å²) in [7, 11) is 1.46. The minimum Gasteiger partial charge on any atom is -0.504 e. The number of carbonyl (C=O) groups excluding carboxylic acids is 1. The zero-order valence-electron chi connectivity index (χ0n) is 16.3. The molecule has 0 saturated heterocycles. The van der Waals surface area contributed by atoms with Crippen LogP contribution in [0, 0.1) is 10.1 Å². The van der Waals surface area contributed by atoms with E-state index in [1.165, 1.54) is 7.11 Å². The number of nitrogens with one attached hydrogen (secondary N) is 1. The fraction of sp³-hybridized carbons (Fsp3) is 0.143. The zero-order valence-corrected chi connectivity index (χ0v) is 16.3. The smallest absolute Gasteiger partial charge is 0.275 e. The molecular formula is C21H19N3O6. The molecule has 0 aliphatic carbocycles. The van der Waals surface area contributed by atoms with Crippen LogP contribution in [0.15, 0.2) is 53.6 Å². The molecule has 1 amide bonds. The molecule has 0 saturated carbocycles. The third kappa shape index (κ3) is 4.30. The van der Waals surface area contributed by atoms with Crippen molar-refractivity contribution in [3.63, 3.8) is 0 Å². The van der Waals surface area contributed by atoms with Gasteiger partial charge >= 0.3 is 0 Å². The summed E-state index contributed by atoms with van der Waals surface area (Å²) >= 11 is 0. The molecule has 0 fully saturated rings. The Balaban J connectivity index is 1.87. The monoisotopic (exact) mass is 409 g/mol. The largest absolute Gasteiger partial charge is 0.504 e. The number of nitrogens with zero attached hydrogens (tertiary/aromatic N) is 2. The van der Waals surface area contributed by atoms with E-state index in [1.54, 1.807) is 19.1 Å². The van der Waals surface area contributed by atoms with Crippen LogP contribution in [0.4, 0.5) is 5.69 Å². The molecule has 0 spiro atoms. The van der Waals surface area contributed by atoms with Crippen molar-refractivity contribution in [1.82, 2.24) is 5.43 Å². The van der Waals surface area contributed by atoms with E-state index in [0.29, 0.717) is 5.75 Å². The van der Waals surface area contributed by atoms with E-state index in [-0.39, 0.29) is 34.9 Å². The van der Waals surface area contributed by atoms with Crippen LogP contribution in [0.5, 0.6) is 17.2 Å². The predicted molar refractivity (Wildman–Crippen MR) is 111 cm³/mol. The third-order valence-corrected chi connectivity index (χ3v) is 4.28. The van der Waals surface area contributed by atoms with Gasteiger partial charge in [-0.2, -0.15) is 5.10 Å². The van der Waals surface area contributed by atoms with E-state index in [4.69, 9.17) is 9.47 Å². The van der Waals surface area contributed by atoms with Gasteiger partial charge in [0.2, 0.25) is 0 Å². The Morgan fingerprint density at radius 2 is 1.90 bits per heavy atom. The summed E-state index contributed by atoms with van der Waals surface area (Å²) in [6.07, 6.45) is 1.11. The molecule has 9 heteroatoms. The van der Waals surface area contributed by atoms with Crippen LogP contribution in [0.3, 0.4) is 0 Å². The second-order valence-corrected chi connectivity index (χ2v) is 6.17. The van der Waals surface area contributed by atoms with E-state index in [1.807, 2.05) is 24.3 Å². The Hall–Kier alpha value is -4.14. The molecule has 0 aliphatic heterocycles. The number of hydrogen-bond acceptors (Lipinski definition) is 7. The number of nitro groups is 1. The molecule has 0 aromatic heterocycles. The fourth-order valence-electron chi connectivity index (χ4n) is 2.87. The predicted octanol–water partition coefficient (Wildman–Crippen LogP) is 3.62. The first-order chi connectivity index (χ1) is 14.4. The molecule has 0 aliphatic rings. The maximum atomic E-state index is 12.6. The summed E-state index contributed by atoms with van der Waals surface area (Å²) in [5, 5.41) is 26.9. The number of ether oxygens (including phenoxy) is 2. The van der Waals surface area contributed by atoms with Crippen molar-refractivity contribution in [2.75, 3.05) is 13.7 Å². The molecule has 0 heterocycles. The van der Waals surface area contributed by atoms with Crippen LogP contribution >= 0.6 is 0 Å². The quantitative estimate of drug-likeness (QED) is 0.349. The van der Waals surface area contributed by atoms with Crippen LogP contribution in [0.1, 0.15) is 22.8 Å². The van der Waals surface area contributed by atoms with E-state index in [2.05, 4.69) is 10.5 Å². The Morgan fingerprint density at radius 3 is 2.53 bits per heavy atom. The second-order valence-electron chi connectivity index (χ2n) is 6.17. The molecule has 0 atom stereocenters. The maximum Gasteiger partial charge on any atom is 0.275 e. The number of carbonyl (C=O) groups is 1. The van der Waals surface area contributed by atoms with Gasteiger partial charge in [0.1, 0.15) is 5.75 Å². The van der Waals surface area contributed by atoms with Gasteiger partial charge < -0.3 is 14.6 Å². The van der Waals surface area contributed by atoms with Crippen molar-refractivity contribution >= 4 is 28.6 Å². The van der Waals surface area contributed by atoms with Crippen LogP contribution < -0.4 is 14.9 Å². The van der Waals surface area contributed by atoms with Gasteiger partial charge in [0.25, 0.3) is 11.6 Å². The zero-order chi connectivity index (χ0) is 21.7. The Morgan fingerprint density at radius 1 is 1.20 bits per heavy atom. The van der Waals surface area contributed by atoms with Gasteiger partial charge in [-0.1, -0.05) is 24.3 Å². The number of hydrazone groups is 1. The van der Waals surface area contributed by atoms with Crippen molar-refractivity contribution in [1.29, 1.82) is 0 Å². The first-order valence-electron chi connectivity index (χ1n) is 8.99. The van der Waals surface area contributed by atoms with Gasteiger partial charge in [-0.15, -0.1) is 0 Å². The van der Waals surface area contributed by atoms with E-state index >= 15 is 0 Å². The lowest BCUT2D eigenvalue weighted by Crippen LogP contribution is -2.18. The summed E-state index contributed by atoms with van der Waals surface area (Å²) in [5.41, 5.74) is 2.36. The van der Waals surface area contributed by atoms with Gasteiger partial charge in [0.05, 0.1) is 36.5 Å². The first-order valence-corrected chi connectivity index (χ1v) is 8.99. The molecule has 30 heavy (non-hydrogen) atoms. The highest BCUT2D eigenvalue weighted by atomic mass is 16.6. The summed E-state index contributed by atoms with van der Waals surface area (Å²) in [6.45, 7) is 1.90. The summed E-state index contributed by atoms with van der Waals surface area (Å²) in [6, 6.07) is 13.2. The van der Waals surface area contributed by atoms with Crippen molar-refractivity contribution in [2.24, 2.45) is 5.10 Å². The highest BCUT2D eigenvalue weighted by Gasteiger charge is 2.17. The number of aromatic hydroxyl groups is 1. The molecule has 3 aromatic rings. The van der Waals surface area contributed by atoms with Gasteiger partial charge in [-0.25, -0.2) is 5.43 Å². The molecule has 0 unspecified atom stereocenters. The van der Waals surface area contributed by atoms with Crippen molar-refractivity contribution in [2.45, 2.75) is 6.92 Å². The number of nitro benzene ring substituents is 1. The number of phenols is 1. The number of rotatable bonds is 7. The van der Waals surface area contributed by atoms with Crippen molar-refractivity contribution in [3.8, 4) is 17.2 Å². The average molecular weight is 409 g/mol. The molecule has 3 rings (SSSR count). The number of amides is 1. The maximum absolute atomic E-state index is 12.6. The summed E-state index contributed by atoms with van der Waals surface area (Å²) in [4.78, 5) is 23.1. The third-order valence-electron chi connectivity index (χ3n) is 4.28. The Bertz CT molecular complexity index is 1140. The van der Waals surface area contributed by atoms with Crippen LogP contribution in [-0.4, -0.2) is 35.9 Å². The first kappa shape index (κ1) is 20.6. The highest BCUT2D eigenvalue weighted by Crippen LogP contribution is 2.34. The van der Waals surface area contributed by atoms with Gasteiger partial charge in [-0.3, -0.25) is 14.9 Å². The van der Waals surface area contributed by atoms with E-state index in [0.717, 1.165) is 29.1 Å².